The van der Waals surface area contributed by atoms with Gasteiger partial charge in [-0.05, 0) is 142 Å². The molecule has 0 N–H and O–H groups in total. The fourth-order valence-electron chi connectivity index (χ4n) is 11.5. The van der Waals surface area contributed by atoms with Crippen molar-refractivity contribution in [3.63, 3.8) is 0 Å². The number of para-hydroxylation sites is 1. The molecular weight excluding hydrogens is 831 g/mol. The summed E-state index contributed by atoms with van der Waals surface area (Å²) >= 11 is 0. The number of hydrogen-bond donors (Lipinski definition) is 0. The lowest BCUT2D eigenvalue weighted by atomic mass is 9.73. The van der Waals surface area contributed by atoms with Gasteiger partial charge in [-0.3, -0.25) is 0 Å². The van der Waals surface area contributed by atoms with Gasteiger partial charge in [0.15, 0.2) is 0 Å². The lowest BCUT2D eigenvalue weighted by Crippen LogP contribution is -2.25. The van der Waals surface area contributed by atoms with E-state index >= 15 is 0 Å². The van der Waals surface area contributed by atoms with E-state index in [2.05, 4.69) is 279 Å². The lowest BCUT2D eigenvalue weighted by molar-refractivity contribution is 0.714. The molecule has 1 aliphatic carbocycles. The van der Waals surface area contributed by atoms with Crippen LogP contribution in [0.15, 0.2) is 267 Å². The smallest absolute Gasteiger partial charge is 0.0540 e. The first-order valence-electron chi connectivity index (χ1n) is 24.0. The lowest BCUT2D eigenvalue weighted by Gasteiger charge is -2.35. The first-order chi connectivity index (χ1) is 34.1. The van der Waals surface area contributed by atoms with Crippen LogP contribution in [0, 0.1) is 0 Å². The van der Waals surface area contributed by atoms with Crippen molar-refractivity contribution in [2.75, 3.05) is 4.90 Å². The average molecular weight is 878 g/mol. The van der Waals surface area contributed by atoms with Gasteiger partial charge in [-0.25, -0.2) is 0 Å². The van der Waals surface area contributed by atoms with Crippen molar-refractivity contribution < 1.29 is 0 Å². The fraction of sp³-hybridized carbons (Fsp3) is 0.0294. The zero-order valence-electron chi connectivity index (χ0n) is 38.4. The maximum atomic E-state index is 2.55. The normalized spacial score (nSPS) is 13.9. The highest BCUT2D eigenvalue weighted by Crippen LogP contribution is 2.58. The fourth-order valence-corrected chi connectivity index (χ4v) is 11.5. The van der Waals surface area contributed by atoms with Crippen LogP contribution >= 0.6 is 0 Å². The van der Waals surface area contributed by atoms with Gasteiger partial charge in [0.2, 0.25) is 0 Å². The highest BCUT2D eigenvalue weighted by molar-refractivity contribution is 6.22. The summed E-state index contributed by atoms with van der Waals surface area (Å²) in [6.07, 6.45) is 0. The van der Waals surface area contributed by atoms with Crippen LogP contribution in [0.2, 0.25) is 0 Å². The molecule has 1 nitrogen and oxygen atoms in total. The standard InChI is InChI=1S/C68H47N/c1-68(53-27-12-5-13-28-53)62-34-18-16-31-58(62)60-33-20-36-64(67(60)68)69(54-41-39-50-43-49(37-38-51(50)44-54)46-21-6-2-7-22-46)63-35-19-17-29-55(63)52-40-42-57-56-30-14-15-32-59(56)65(47-23-8-3-9-24-47)66(61(57)45-52)48-25-10-4-11-26-48/h2-45H,1H3. The minimum absolute atomic E-state index is 0.430. The zero-order valence-corrected chi connectivity index (χ0v) is 38.4. The minimum atomic E-state index is -0.430. The number of nitrogens with zero attached hydrogens (tertiary/aromatic N) is 1. The largest absolute Gasteiger partial charge is 0.310 e. The Bertz CT molecular complexity index is 3890. The van der Waals surface area contributed by atoms with Crippen LogP contribution in [0.1, 0.15) is 23.6 Å². The van der Waals surface area contributed by atoms with Gasteiger partial charge in [0.05, 0.1) is 11.4 Å². The third-order valence-corrected chi connectivity index (χ3v) is 14.7. The van der Waals surface area contributed by atoms with Crippen molar-refractivity contribution in [2.45, 2.75) is 12.3 Å². The van der Waals surface area contributed by atoms with E-state index < -0.39 is 5.41 Å². The molecule has 1 aliphatic rings. The van der Waals surface area contributed by atoms with Crippen LogP contribution in [-0.2, 0) is 5.41 Å². The number of hydrogen-bond acceptors (Lipinski definition) is 1. The van der Waals surface area contributed by atoms with Gasteiger partial charge >= 0.3 is 0 Å². The first-order valence-corrected chi connectivity index (χ1v) is 24.0. The maximum absolute atomic E-state index is 2.55. The number of anilines is 3. The molecule has 69 heavy (non-hydrogen) atoms. The molecule has 324 valence electrons. The minimum Gasteiger partial charge on any atom is -0.310 e. The van der Waals surface area contributed by atoms with Crippen molar-refractivity contribution in [3.8, 4) is 55.6 Å². The molecule has 12 aromatic carbocycles. The van der Waals surface area contributed by atoms with E-state index in [4.69, 9.17) is 0 Å². The number of rotatable bonds is 8. The van der Waals surface area contributed by atoms with Gasteiger partial charge in [0.25, 0.3) is 0 Å². The van der Waals surface area contributed by atoms with Crippen LogP contribution in [0.25, 0.3) is 88.0 Å². The van der Waals surface area contributed by atoms with E-state index in [9.17, 15) is 0 Å². The van der Waals surface area contributed by atoms with Crippen molar-refractivity contribution >= 4 is 49.4 Å². The van der Waals surface area contributed by atoms with E-state index in [1.54, 1.807) is 0 Å². The number of benzene rings is 12. The second-order valence-electron chi connectivity index (χ2n) is 18.5. The molecule has 0 saturated heterocycles. The highest BCUT2D eigenvalue weighted by Gasteiger charge is 2.43. The third-order valence-electron chi connectivity index (χ3n) is 14.7. The molecular formula is C68H47N. The predicted octanol–water partition coefficient (Wildman–Crippen LogP) is 18.6. The second-order valence-corrected chi connectivity index (χ2v) is 18.5. The summed E-state index contributed by atoms with van der Waals surface area (Å²) in [5.74, 6) is 0. The van der Waals surface area contributed by atoms with Crippen LogP contribution in [0.3, 0.4) is 0 Å². The van der Waals surface area contributed by atoms with Crippen LogP contribution < -0.4 is 4.90 Å². The van der Waals surface area contributed by atoms with Crippen LogP contribution in [-0.4, -0.2) is 0 Å². The van der Waals surface area contributed by atoms with E-state index in [1.807, 2.05) is 0 Å². The van der Waals surface area contributed by atoms with Crippen molar-refractivity contribution in [1.82, 2.24) is 0 Å². The molecule has 0 bridgehead atoms. The SMILES string of the molecule is CC1(c2ccccc2)c2ccccc2-c2cccc(N(c3ccc4cc(-c5ccccc5)ccc4c3)c3ccccc3-c3ccc4c(c3)c(-c3ccccc3)c(-c3ccccc3)c3ccccc34)c21. The summed E-state index contributed by atoms with van der Waals surface area (Å²) < 4.78 is 0. The molecule has 1 unspecified atom stereocenters. The van der Waals surface area contributed by atoms with E-state index in [-0.39, 0.29) is 0 Å². The Hall–Kier alpha value is -8.78. The van der Waals surface area contributed by atoms with E-state index in [0.29, 0.717) is 0 Å². The molecule has 1 atom stereocenters. The molecule has 0 fully saturated rings. The number of fused-ring (bicyclic) bond motifs is 7. The van der Waals surface area contributed by atoms with Gasteiger partial charge < -0.3 is 4.90 Å². The molecule has 0 saturated carbocycles. The summed E-state index contributed by atoms with van der Waals surface area (Å²) in [6, 6.07) is 98.5. The monoisotopic (exact) mass is 877 g/mol. The van der Waals surface area contributed by atoms with E-state index in [1.165, 1.54) is 93.5 Å². The third kappa shape index (κ3) is 6.61. The van der Waals surface area contributed by atoms with Crippen molar-refractivity contribution in [2.24, 2.45) is 0 Å². The maximum Gasteiger partial charge on any atom is 0.0540 e. The quantitative estimate of drug-likeness (QED) is 0.138. The Kier molecular flexibility index (Phi) is 9.70. The van der Waals surface area contributed by atoms with Gasteiger partial charge in [-0.1, -0.05) is 231 Å². The molecule has 0 heterocycles. The molecule has 1 heteroatoms. The Morgan fingerprint density at radius 2 is 0.826 bits per heavy atom. The van der Waals surface area contributed by atoms with Crippen molar-refractivity contribution in [3.05, 3.63) is 284 Å². The Labute approximate surface area is 403 Å². The zero-order chi connectivity index (χ0) is 45.9. The molecule has 0 aromatic heterocycles. The summed E-state index contributed by atoms with van der Waals surface area (Å²) in [6.45, 7) is 2.43. The second kappa shape index (κ2) is 16.5. The van der Waals surface area contributed by atoms with Gasteiger partial charge in [-0.15, -0.1) is 0 Å². The summed E-state index contributed by atoms with van der Waals surface area (Å²) in [7, 11) is 0. The summed E-state index contributed by atoms with van der Waals surface area (Å²) in [5, 5.41) is 7.36. The van der Waals surface area contributed by atoms with Crippen LogP contribution in [0.5, 0.6) is 0 Å². The van der Waals surface area contributed by atoms with Gasteiger partial charge in [0.1, 0.15) is 0 Å². The Morgan fingerprint density at radius 3 is 1.57 bits per heavy atom. The van der Waals surface area contributed by atoms with Crippen molar-refractivity contribution in [1.29, 1.82) is 0 Å². The Balaban J connectivity index is 1.08. The molecule has 0 spiro atoms. The van der Waals surface area contributed by atoms with E-state index in [0.717, 1.165) is 28.2 Å². The summed E-state index contributed by atoms with van der Waals surface area (Å²) in [5.41, 5.74) is 19.0. The molecule has 0 radical (unpaired) electrons. The molecule has 13 rings (SSSR count). The summed E-state index contributed by atoms with van der Waals surface area (Å²) in [4.78, 5) is 2.55. The average Bonchev–Trinajstić information content (AvgIpc) is 3.70. The first kappa shape index (κ1) is 40.5. The van der Waals surface area contributed by atoms with Crippen LogP contribution in [0.4, 0.5) is 17.1 Å². The highest BCUT2D eigenvalue weighted by atomic mass is 15.1. The van der Waals surface area contributed by atoms with Gasteiger partial charge in [0, 0.05) is 16.7 Å². The molecule has 0 aliphatic heterocycles. The predicted molar refractivity (Wildman–Crippen MR) is 293 cm³/mol. The van der Waals surface area contributed by atoms with Gasteiger partial charge in [-0.2, -0.15) is 0 Å². The topological polar surface area (TPSA) is 3.24 Å². The molecule has 12 aromatic rings. The Morgan fingerprint density at radius 1 is 0.304 bits per heavy atom. The molecule has 0 amide bonds.